The molecule has 0 radical (unpaired) electrons. The Labute approximate surface area is 121 Å². The Morgan fingerprint density at radius 3 is 2.80 bits per heavy atom. The fourth-order valence-corrected chi connectivity index (χ4v) is 2.30. The summed E-state index contributed by atoms with van der Waals surface area (Å²) in [5.41, 5.74) is 0.207. The average molecular weight is 298 g/mol. The number of rotatable bonds is 7. The summed E-state index contributed by atoms with van der Waals surface area (Å²) < 4.78 is 0. The van der Waals surface area contributed by atoms with Gasteiger partial charge in [-0.05, 0) is 38.2 Å². The van der Waals surface area contributed by atoms with Crippen molar-refractivity contribution in [3.05, 3.63) is 33.9 Å². The molecule has 0 aliphatic rings. The number of hydrogen-bond acceptors (Lipinski definition) is 5. The van der Waals surface area contributed by atoms with Crippen molar-refractivity contribution in [3.63, 3.8) is 0 Å². The third kappa shape index (κ3) is 4.50. The summed E-state index contributed by atoms with van der Waals surface area (Å²) in [6.07, 6.45) is 3.01. The number of hydrogen-bond donors (Lipinski definition) is 2. The van der Waals surface area contributed by atoms with Gasteiger partial charge in [0.25, 0.3) is 11.6 Å². The molecule has 1 amide bonds. The van der Waals surface area contributed by atoms with Crippen LogP contribution in [0.2, 0.25) is 0 Å². The zero-order valence-corrected chi connectivity index (χ0v) is 12.3. The molecule has 0 fully saturated rings. The summed E-state index contributed by atoms with van der Waals surface area (Å²) in [6, 6.07) is 4.36. The molecule has 2 N–H and O–H groups in total. The third-order valence-electron chi connectivity index (χ3n) is 2.81. The number of carbonyl (C=O) groups excluding carboxylic acids is 1. The normalized spacial score (nSPS) is 11.9. The first-order valence-electron chi connectivity index (χ1n) is 6.23. The van der Waals surface area contributed by atoms with E-state index in [1.807, 2.05) is 6.92 Å². The fraction of sp³-hybridized carbons (Fsp3) is 0.462. The van der Waals surface area contributed by atoms with Gasteiger partial charge in [-0.2, -0.15) is 0 Å². The molecule has 20 heavy (non-hydrogen) atoms. The van der Waals surface area contributed by atoms with Crippen LogP contribution < -0.4 is 5.32 Å². The van der Waals surface area contributed by atoms with E-state index >= 15 is 0 Å². The Hall–Kier alpha value is -1.60. The van der Waals surface area contributed by atoms with Crippen molar-refractivity contribution in [2.75, 3.05) is 12.9 Å². The van der Waals surface area contributed by atoms with Gasteiger partial charge < -0.3 is 10.4 Å². The van der Waals surface area contributed by atoms with Crippen molar-refractivity contribution >= 4 is 23.4 Å². The maximum Gasteiger partial charge on any atom is 0.283 e. The topological polar surface area (TPSA) is 92.5 Å². The molecule has 0 aromatic heterocycles. The number of aliphatic hydroxyl groups excluding tert-OH is 1. The summed E-state index contributed by atoms with van der Waals surface area (Å²) in [5, 5.41) is 22.4. The molecule has 1 unspecified atom stereocenters. The molecule has 0 aliphatic carbocycles. The molecule has 1 atom stereocenters. The lowest BCUT2D eigenvalue weighted by molar-refractivity contribution is -0.387. The predicted octanol–water partition coefficient (Wildman–Crippen LogP) is 2.21. The molecule has 0 aliphatic heterocycles. The maximum absolute atomic E-state index is 12.0. The number of nitro benzene ring substituents is 1. The quantitative estimate of drug-likeness (QED) is 0.457. The van der Waals surface area contributed by atoms with Crippen LogP contribution in [0.25, 0.3) is 0 Å². The molecule has 0 heterocycles. The van der Waals surface area contributed by atoms with Gasteiger partial charge in [0.05, 0.1) is 9.82 Å². The number of carbonyl (C=O) groups is 1. The summed E-state index contributed by atoms with van der Waals surface area (Å²) in [7, 11) is 0. The van der Waals surface area contributed by atoms with Crippen LogP contribution in [-0.4, -0.2) is 34.8 Å². The van der Waals surface area contributed by atoms with Crippen LogP contribution in [0, 0.1) is 10.1 Å². The molecule has 7 heteroatoms. The van der Waals surface area contributed by atoms with E-state index in [1.54, 1.807) is 18.4 Å². The molecule has 1 aromatic rings. The van der Waals surface area contributed by atoms with Gasteiger partial charge in [0.2, 0.25) is 0 Å². The van der Waals surface area contributed by atoms with E-state index in [0.29, 0.717) is 17.7 Å². The monoisotopic (exact) mass is 298 g/mol. The van der Waals surface area contributed by atoms with Gasteiger partial charge in [0.1, 0.15) is 0 Å². The average Bonchev–Trinajstić information content (AvgIpc) is 2.44. The Balaban J connectivity index is 2.83. The zero-order valence-electron chi connectivity index (χ0n) is 11.5. The largest absolute Gasteiger partial charge is 0.396 e. The van der Waals surface area contributed by atoms with E-state index in [4.69, 9.17) is 5.11 Å². The molecule has 0 saturated heterocycles. The van der Waals surface area contributed by atoms with Crippen LogP contribution in [0.3, 0.4) is 0 Å². The van der Waals surface area contributed by atoms with Gasteiger partial charge in [0.15, 0.2) is 0 Å². The van der Waals surface area contributed by atoms with Crippen molar-refractivity contribution < 1.29 is 14.8 Å². The summed E-state index contributed by atoms with van der Waals surface area (Å²) in [5.74, 6) is -0.341. The fourth-order valence-electron chi connectivity index (χ4n) is 1.75. The van der Waals surface area contributed by atoms with Crippen LogP contribution in [0.15, 0.2) is 23.1 Å². The summed E-state index contributed by atoms with van der Waals surface area (Å²) >= 11 is 1.27. The number of nitrogens with one attached hydrogen (secondary N) is 1. The van der Waals surface area contributed by atoms with Gasteiger partial charge in [-0.25, -0.2) is 0 Å². The second-order valence-electron chi connectivity index (χ2n) is 4.38. The highest BCUT2D eigenvalue weighted by atomic mass is 32.2. The Morgan fingerprint density at radius 1 is 1.55 bits per heavy atom. The second-order valence-corrected chi connectivity index (χ2v) is 5.23. The van der Waals surface area contributed by atoms with Gasteiger partial charge >= 0.3 is 0 Å². The SMILES string of the molecule is CSc1ccc(C(=O)NC(C)CCCO)cc1[N+](=O)[O-]. The molecule has 6 nitrogen and oxygen atoms in total. The predicted molar refractivity (Wildman–Crippen MR) is 78.1 cm³/mol. The maximum atomic E-state index is 12.0. The van der Waals surface area contributed by atoms with E-state index in [-0.39, 0.29) is 29.8 Å². The summed E-state index contributed by atoms with van der Waals surface area (Å²) in [6.45, 7) is 1.91. The lowest BCUT2D eigenvalue weighted by Gasteiger charge is -2.13. The van der Waals surface area contributed by atoms with Crippen LogP contribution in [0.1, 0.15) is 30.1 Å². The Bertz CT molecular complexity index is 493. The number of aliphatic hydroxyl groups is 1. The number of thioether (sulfide) groups is 1. The first kappa shape index (κ1) is 16.5. The van der Waals surface area contributed by atoms with Gasteiger partial charge in [-0.3, -0.25) is 14.9 Å². The zero-order chi connectivity index (χ0) is 15.1. The molecular weight excluding hydrogens is 280 g/mol. The van der Waals surface area contributed by atoms with Crippen molar-refractivity contribution in [2.24, 2.45) is 0 Å². The summed E-state index contributed by atoms with van der Waals surface area (Å²) in [4.78, 5) is 23.0. The minimum atomic E-state index is -0.488. The molecular formula is C13H18N2O4S. The van der Waals surface area contributed by atoms with Crippen molar-refractivity contribution in [1.29, 1.82) is 0 Å². The number of amides is 1. The number of nitro groups is 1. The molecule has 110 valence electrons. The van der Waals surface area contributed by atoms with Gasteiger partial charge in [0, 0.05) is 24.3 Å². The van der Waals surface area contributed by atoms with Crippen LogP contribution in [0.5, 0.6) is 0 Å². The minimum absolute atomic E-state index is 0.0619. The smallest absolute Gasteiger partial charge is 0.283 e. The van der Waals surface area contributed by atoms with Crippen LogP contribution >= 0.6 is 11.8 Å². The second kappa shape index (κ2) is 7.86. The lowest BCUT2D eigenvalue weighted by atomic mass is 10.1. The van der Waals surface area contributed by atoms with E-state index in [1.165, 1.54) is 17.8 Å². The first-order chi connectivity index (χ1) is 9.49. The number of nitrogens with zero attached hydrogens (tertiary/aromatic N) is 1. The van der Waals surface area contributed by atoms with E-state index < -0.39 is 4.92 Å². The standard InChI is InChI=1S/C13H18N2O4S/c1-9(4-3-7-16)14-13(17)10-5-6-12(20-2)11(8-10)15(18)19/h5-6,8-9,16H,3-4,7H2,1-2H3,(H,14,17). The molecule has 0 saturated carbocycles. The Morgan fingerprint density at radius 2 is 2.25 bits per heavy atom. The van der Waals surface area contributed by atoms with Crippen molar-refractivity contribution in [3.8, 4) is 0 Å². The van der Waals surface area contributed by atoms with Crippen LogP contribution in [0.4, 0.5) is 5.69 Å². The van der Waals surface area contributed by atoms with Crippen LogP contribution in [-0.2, 0) is 0 Å². The molecule has 1 aromatic carbocycles. The highest BCUT2D eigenvalue weighted by Gasteiger charge is 2.17. The highest BCUT2D eigenvalue weighted by molar-refractivity contribution is 7.98. The molecule has 0 spiro atoms. The number of benzene rings is 1. The lowest BCUT2D eigenvalue weighted by Crippen LogP contribution is -2.32. The molecule has 1 rings (SSSR count). The van der Waals surface area contributed by atoms with E-state index in [2.05, 4.69) is 5.32 Å². The highest BCUT2D eigenvalue weighted by Crippen LogP contribution is 2.28. The van der Waals surface area contributed by atoms with Gasteiger partial charge in [-0.1, -0.05) is 0 Å². The minimum Gasteiger partial charge on any atom is -0.396 e. The van der Waals surface area contributed by atoms with Crippen molar-refractivity contribution in [2.45, 2.75) is 30.7 Å². The van der Waals surface area contributed by atoms with E-state index in [0.717, 1.165) is 0 Å². The third-order valence-corrected chi connectivity index (χ3v) is 3.60. The van der Waals surface area contributed by atoms with Crippen molar-refractivity contribution in [1.82, 2.24) is 5.32 Å². The van der Waals surface area contributed by atoms with E-state index in [9.17, 15) is 14.9 Å². The molecule has 0 bridgehead atoms. The Kier molecular flexibility index (Phi) is 6.47. The van der Waals surface area contributed by atoms with Gasteiger partial charge in [-0.15, -0.1) is 11.8 Å². The first-order valence-corrected chi connectivity index (χ1v) is 7.46.